The van der Waals surface area contributed by atoms with Crippen LogP contribution in [0.3, 0.4) is 0 Å². The summed E-state index contributed by atoms with van der Waals surface area (Å²) >= 11 is 5.95. The molecule has 26 heavy (non-hydrogen) atoms. The summed E-state index contributed by atoms with van der Waals surface area (Å²) in [5.41, 5.74) is 2.89. The van der Waals surface area contributed by atoms with E-state index in [0.717, 1.165) is 56.3 Å². The van der Waals surface area contributed by atoms with Crippen LogP contribution in [0.2, 0.25) is 5.02 Å². The maximum atomic E-state index is 12.5. The molecule has 0 saturated carbocycles. The number of hydrogen-bond donors (Lipinski definition) is 2. The van der Waals surface area contributed by atoms with Gasteiger partial charge >= 0.3 is 0 Å². The lowest BCUT2D eigenvalue weighted by Crippen LogP contribution is -2.39. The van der Waals surface area contributed by atoms with Crippen molar-refractivity contribution in [3.63, 3.8) is 0 Å². The van der Waals surface area contributed by atoms with Crippen molar-refractivity contribution < 1.29 is 9.53 Å². The Hall–Kier alpha value is -2.15. The number of pyridine rings is 1. The minimum absolute atomic E-state index is 0.243. The normalized spacial score (nSPS) is 14.8. The number of rotatable bonds is 6. The van der Waals surface area contributed by atoms with E-state index in [2.05, 4.69) is 20.5 Å². The average molecular weight is 375 g/mol. The van der Waals surface area contributed by atoms with Crippen molar-refractivity contribution in [1.29, 1.82) is 0 Å². The number of nitrogens with zero attached hydrogens (tertiary/aromatic N) is 2. The minimum atomic E-state index is -0.243. The van der Waals surface area contributed by atoms with Gasteiger partial charge in [-0.15, -0.1) is 0 Å². The molecule has 0 unspecified atom stereocenters. The lowest BCUT2D eigenvalue weighted by Gasteiger charge is -2.26. The van der Waals surface area contributed by atoms with Crippen LogP contribution in [-0.2, 0) is 4.74 Å². The quantitative estimate of drug-likeness (QED) is 0.813. The molecule has 0 bridgehead atoms. The van der Waals surface area contributed by atoms with E-state index in [4.69, 9.17) is 16.3 Å². The number of amides is 1. The largest absolute Gasteiger partial charge is 0.384 e. The number of ether oxygens (including phenoxy) is 1. The molecule has 7 heteroatoms. The van der Waals surface area contributed by atoms with E-state index in [-0.39, 0.29) is 5.91 Å². The van der Waals surface area contributed by atoms with E-state index in [1.165, 1.54) is 0 Å². The van der Waals surface area contributed by atoms with Crippen LogP contribution in [0.5, 0.6) is 0 Å². The zero-order chi connectivity index (χ0) is 18.4. The van der Waals surface area contributed by atoms with Gasteiger partial charge in [0, 0.05) is 48.8 Å². The van der Waals surface area contributed by atoms with Gasteiger partial charge < -0.3 is 15.4 Å². The number of morpholine rings is 1. The molecule has 0 spiro atoms. The summed E-state index contributed by atoms with van der Waals surface area (Å²) in [6, 6.07) is 8.99. The molecule has 3 rings (SSSR count). The zero-order valence-corrected chi connectivity index (χ0v) is 15.6. The molecule has 1 fully saturated rings. The molecule has 2 heterocycles. The monoisotopic (exact) mass is 374 g/mol. The van der Waals surface area contributed by atoms with Crippen LogP contribution in [0.4, 0.5) is 11.4 Å². The second-order valence-corrected chi connectivity index (χ2v) is 6.66. The Labute approximate surface area is 158 Å². The Balaban J connectivity index is 1.56. The first-order valence-corrected chi connectivity index (χ1v) is 9.07. The molecular formula is C19H23ClN4O2. The van der Waals surface area contributed by atoms with Crippen LogP contribution in [0, 0.1) is 6.92 Å². The maximum absolute atomic E-state index is 12.5. The van der Waals surface area contributed by atoms with Gasteiger partial charge in [0.05, 0.1) is 13.2 Å². The molecule has 1 aliphatic rings. The highest BCUT2D eigenvalue weighted by Crippen LogP contribution is 2.20. The number of anilines is 2. The highest BCUT2D eigenvalue weighted by Gasteiger charge is 2.11. The van der Waals surface area contributed by atoms with E-state index < -0.39 is 0 Å². The first-order chi connectivity index (χ1) is 12.6. The zero-order valence-electron chi connectivity index (χ0n) is 14.8. The second-order valence-electron chi connectivity index (χ2n) is 6.22. The molecule has 1 aromatic heterocycles. The van der Waals surface area contributed by atoms with Crippen LogP contribution in [0.25, 0.3) is 0 Å². The molecule has 2 aromatic rings. The van der Waals surface area contributed by atoms with Gasteiger partial charge in [0.1, 0.15) is 5.69 Å². The summed E-state index contributed by atoms with van der Waals surface area (Å²) in [5.74, 6) is -0.243. The fraction of sp³-hybridized carbons (Fsp3) is 0.368. The first kappa shape index (κ1) is 18.6. The molecule has 0 atom stereocenters. The molecule has 1 aromatic carbocycles. The molecule has 1 saturated heterocycles. The molecule has 1 aliphatic heterocycles. The number of carbonyl (C=O) groups excluding carboxylic acids is 1. The standard InChI is InChI=1S/C19H23ClN4O2/c1-14-12-15(20)2-3-17(14)23-19(25)18-13-16(4-5-22-18)21-6-7-24-8-10-26-11-9-24/h2-5,12-13H,6-11H2,1H3,(H,21,22)(H,23,25). The summed E-state index contributed by atoms with van der Waals surface area (Å²) in [6.45, 7) is 7.17. The molecule has 1 amide bonds. The van der Waals surface area contributed by atoms with Crippen molar-refractivity contribution >= 4 is 28.9 Å². The van der Waals surface area contributed by atoms with Crippen LogP contribution < -0.4 is 10.6 Å². The molecule has 0 aliphatic carbocycles. The highest BCUT2D eigenvalue weighted by atomic mass is 35.5. The summed E-state index contributed by atoms with van der Waals surface area (Å²) in [6.07, 6.45) is 1.64. The molecule has 6 nitrogen and oxygen atoms in total. The average Bonchev–Trinajstić information content (AvgIpc) is 2.65. The number of benzene rings is 1. The smallest absolute Gasteiger partial charge is 0.274 e. The van der Waals surface area contributed by atoms with Crippen LogP contribution in [0.15, 0.2) is 36.5 Å². The van der Waals surface area contributed by atoms with Crippen LogP contribution >= 0.6 is 11.6 Å². The Morgan fingerprint density at radius 1 is 1.27 bits per heavy atom. The van der Waals surface area contributed by atoms with Crippen molar-refractivity contribution in [3.05, 3.63) is 52.8 Å². The number of hydrogen-bond acceptors (Lipinski definition) is 5. The third-order valence-corrected chi connectivity index (χ3v) is 4.53. The molecular weight excluding hydrogens is 352 g/mol. The Kier molecular flexibility index (Phi) is 6.44. The molecule has 138 valence electrons. The number of halogens is 1. The lowest BCUT2D eigenvalue weighted by atomic mass is 10.2. The highest BCUT2D eigenvalue weighted by molar-refractivity contribution is 6.30. The van der Waals surface area contributed by atoms with E-state index >= 15 is 0 Å². The van der Waals surface area contributed by atoms with Gasteiger partial charge in [0.2, 0.25) is 0 Å². The number of aryl methyl sites for hydroxylation is 1. The summed E-state index contributed by atoms with van der Waals surface area (Å²) in [7, 11) is 0. The van der Waals surface area contributed by atoms with E-state index in [1.54, 1.807) is 24.4 Å². The molecule has 2 N–H and O–H groups in total. The Bertz CT molecular complexity index is 763. The predicted octanol–water partition coefficient (Wildman–Crippen LogP) is 3.04. The van der Waals surface area contributed by atoms with E-state index in [1.807, 2.05) is 19.1 Å². The summed E-state index contributed by atoms with van der Waals surface area (Å²) < 4.78 is 5.35. The SMILES string of the molecule is Cc1cc(Cl)ccc1NC(=O)c1cc(NCCN2CCOCC2)ccn1. The van der Waals surface area contributed by atoms with Gasteiger partial charge in [-0.2, -0.15) is 0 Å². The third-order valence-electron chi connectivity index (χ3n) is 4.29. The minimum Gasteiger partial charge on any atom is -0.384 e. The van der Waals surface area contributed by atoms with Crippen LogP contribution in [-0.4, -0.2) is 55.2 Å². The second kappa shape index (κ2) is 8.98. The predicted molar refractivity (Wildman–Crippen MR) is 104 cm³/mol. The number of nitrogens with one attached hydrogen (secondary N) is 2. The van der Waals surface area contributed by atoms with Crippen molar-refractivity contribution in [2.45, 2.75) is 6.92 Å². The van der Waals surface area contributed by atoms with Gasteiger partial charge in [-0.1, -0.05) is 11.6 Å². The van der Waals surface area contributed by atoms with Crippen molar-refractivity contribution in [2.75, 3.05) is 50.0 Å². The topological polar surface area (TPSA) is 66.5 Å². The molecule has 0 radical (unpaired) electrons. The van der Waals surface area contributed by atoms with Gasteiger partial charge in [-0.3, -0.25) is 14.7 Å². The number of aromatic nitrogens is 1. The summed E-state index contributed by atoms with van der Waals surface area (Å²) in [4.78, 5) is 19.0. The fourth-order valence-electron chi connectivity index (χ4n) is 2.80. The Morgan fingerprint density at radius 3 is 2.85 bits per heavy atom. The van der Waals surface area contributed by atoms with Crippen molar-refractivity contribution in [2.24, 2.45) is 0 Å². The summed E-state index contributed by atoms with van der Waals surface area (Å²) in [5, 5.41) is 6.87. The number of carbonyl (C=O) groups is 1. The van der Waals surface area contributed by atoms with Crippen LogP contribution in [0.1, 0.15) is 16.1 Å². The fourth-order valence-corrected chi connectivity index (χ4v) is 3.03. The van der Waals surface area contributed by atoms with E-state index in [0.29, 0.717) is 10.7 Å². The van der Waals surface area contributed by atoms with Gasteiger partial charge in [-0.25, -0.2) is 0 Å². The van der Waals surface area contributed by atoms with Crippen molar-refractivity contribution in [1.82, 2.24) is 9.88 Å². The van der Waals surface area contributed by atoms with Crippen molar-refractivity contribution in [3.8, 4) is 0 Å². The van der Waals surface area contributed by atoms with Gasteiger partial charge in [-0.05, 0) is 42.8 Å². The van der Waals surface area contributed by atoms with E-state index in [9.17, 15) is 4.79 Å². The third kappa shape index (κ3) is 5.17. The maximum Gasteiger partial charge on any atom is 0.274 e. The first-order valence-electron chi connectivity index (χ1n) is 8.69. The Morgan fingerprint density at radius 2 is 2.08 bits per heavy atom. The lowest BCUT2D eigenvalue weighted by molar-refractivity contribution is 0.0398. The van der Waals surface area contributed by atoms with Gasteiger partial charge in [0.15, 0.2) is 0 Å². The van der Waals surface area contributed by atoms with Gasteiger partial charge in [0.25, 0.3) is 5.91 Å².